The van der Waals surface area contributed by atoms with Gasteiger partial charge >= 0.3 is 0 Å². The number of aromatic hydroxyl groups is 1. The van der Waals surface area contributed by atoms with E-state index in [1.54, 1.807) is 17.7 Å². The van der Waals surface area contributed by atoms with E-state index in [1.807, 2.05) is 6.07 Å². The van der Waals surface area contributed by atoms with Crippen molar-refractivity contribution in [3.8, 4) is 11.5 Å². The lowest BCUT2D eigenvalue weighted by molar-refractivity contribution is 0.128. The molecular weight excluding hydrogens is 344 g/mol. The van der Waals surface area contributed by atoms with Crippen molar-refractivity contribution in [2.24, 2.45) is 11.3 Å². The van der Waals surface area contributed by atoms with Crippen LogP contribution in [0.5, 0.6) is 11.5 Å². The van der Waals surface area contributed by atoms with E-state index in [1.165, 1.54) is 31.3 Å². The van der Waals surface area contributed by atoms with Crippen LogP contribution < -0.4 is 4.74 Å². The number of phenolic OH excluding ortho intramolecular Hbond substituents is 1. The lowest BCUT2D eigenvalue weighted by Gasteiger charge is -2.38. The Morgan fingerprint density at radius 1 is 1.29 bits per heavy atom. The Labute approximate surface area is 171 Å². The second-order valence-corrected chi connectivity index (χ2v) is 9.63. The van der Waals surface area contributed by atoms with Gasteiger partial charge in [0.25, 0.3) is 0 Å². The molecule has 0 saturated heterocycles. The van der Waals surface area contributed by atoms with E-state index in [4.69, 9.17) is 4.74 Å². The number of ether oxygens (including phenoxy) is 1. The van der Waals surface area contributed by atoms with Crippen molar-refractivity contribution in [3.63, 3.8) is 0 Å². The fourth-order valence-electron chi connectivity index (χ4n) is 4.75. The van der Waals surface area contributed by atoms with E-state index in [9.17, 15) is 5.11 Å². The summed E-state index contributed by atoms with van der Waals surface area (Å²) in [6.07, 6.45) is 16.0. The van der Waals surface area contributed by atoms with Crippen molar-refractivity contribution in [2.75, 3.05) is 0 Å². The largest absolute Gasteiger partial charge is 0.508 e. The Morgan fingerprint density at radius 2 is 2.07 bits per heavy atom. The summed E-state index contributed by atoms with van der Waals surface area (Å²) in [4.78, 5) is 0. The SMILES string of the molecule is CC(=CCC[C@@]1(C)C=Cc2cc(O)ccc2O1)CC[C@@H]1C(C)=CCCC1(C)C. The van der Waals surface area contributed by atoms with Crippen LogP contribution in [0.4, 0.5) is 0 Å². The molecule has 0 radical (unpaired) electrons. The Morgan fingerprint density at radius 3 is 2.82 bits per heavy atom. The predicted molar refractivity (Wildman–Crippen MR) is 119 cm³/mol. The monoisotopic (exact) mass is 380 g/mol. The summed E-state index contributed by atoms with van der Waals surface area (Å²) in [5, 5.41) is 9.61. The highest BCUT2D eigenvalue weighted by atomic mass is 16.5. The lowest BCUT2D eigenvalue weighted by Crippen LogP contribution is -2.31. The van der Waals surface area contributed by atoms with Gasteiger partial charge in [0.2, 0.25) is 0 Å². The van der Waals surface area contributed by atoms with Gasteiger partial charge in [0.05, 0.1) is 0 Å². The van der Waals surface area contributed by atoms with Crippen LogP contribution >= 0.6 is 0 Å². The van der Waals surface area contributed by atoms with Gasteiger partial charge in [-0.1, -0.05) is 43.2 Å². The molecule has 1 heterocycles. The second-order valence-electron chi connectivity index (χ2n) is 9.63. The Bertz CT molecular complexity index is 797. The molecule has 3 rings (SSSR count). The molecule has 0 fully saturated rings. The lowest BCUT2D eigenvalue weighted by atomic mass is 9.67. The van der Waals surface area contributed by atoms with E-state index in [0.717, 1.165) is 24.2 Å². The van der Waals surface area contributed by atoms with E-state index >= 15 is 0 Å². The van der Waals surface area contributed by atoms with Crippen molar-refractivity contribution >= 4 is 6.08 Å². The maximum Gasteiger partial charge on any atom is 0.128 e. The first-order valence-corrected chi connectivity index (χ1v) is 10.7. The average Bonchev–Trinajstić information content (AvgIpc) is 2.61. The van der Waals surface area contributed by atoms with Crippen LogP contribution in [-0.2, 0) is 0 Å². The molecule has 0 amide bonds. The number of hydrogen-bond donors (Lipinski definition) is 1. The highest BCUT2D eigenvalue weighted by molar-refractivity contribution is 5.62. The number of allylic oxidation sites excluding steroid dienone is 4. The minimum atomic E-state index is -0.286. The van der Waals surface area contributed by atoms with Crippen LogP contribution in [-0.4, -0.2) is 10.7 Å². The molecule has 1 aromatic rings. The highest BCUT2D eigenvalue weighted by Crippen LogP contribution is 2.43. The standard InChI is InChI=1S/C26H36O2/c1-19(10-12-23-20(2)9-7-15-25(23,3)4)8-6-16-26(5)17-14-21-18-22(27)11-13-24(21)28-26/h8-9,11,13-14,17-18,23,27H,6-7,10,12,15-16H2,1-5H3/t23-,26+/m1/s1. The maximum absolute atomic E-state index is 9.61. The minimum Gasteiger partial charge on any atom is -0.508 e. The number of phenols is 1. The van der Waals surface area contributed by atoms with Crippen molar-refractivity contribution in [2.45, 2.75) is 78.7 Å². The Balaban J connectivity index is 1.52. The van der Waals surface area contributed by atoms with Crippen LogP contribution in [0, 0.1) is 11.3 Å². The summed E-state index contributed by atoms with van der Waals surface area (Å²) in [6, 6.07) is 5.29. The van der Waals surface area contributed by atoms with Gasteiger partial charge < -0.3 is 9.84 Å². The second kappa shape index (κ2) is 8.19. The van der Waals surface area contributed by atoms with Crippen molar-refractivity contribution < 1.29 is 9.84 Å². The number of hydrogen-bond acceptors (Lipinski definition) is 2. The molecule has 1 aliphatic heterocycles. The molecule has 0 bridgehead atoms. The first-order valence-electron chi connectivity index (χ1n) is 10.7. The van der Waals surface area contributed by atoms with Gasteiger partial charge in [0.1, 0.15) is 17.1 Å². The molecule has 2 heteroatoms. The molecule has 0 saturated carbocycles. The average molecular weight is 381 g/mol. The number of benzene rings is 1. The van der Waals surface area contributed by atoms with Crippen LogP contribution in [0.1, 0.15) is 78.7 Å². The van der Waals surface area contributed by atoms with Crippen LogP contribution in [0.25, 0.3) is 6.08 Å². The molecular formula is C26H36O2. The molecule has 2 aliphatic rings. The maximum atomic E-state index is 9.61. The fourth-order valence-corrected chi connectivity index (χ4v) is 4.75. The third kappa shape index (κ3) is 4.90. The van der Waals surface area contributed by atoms with Gasteiger partial charge in [-0.3, -0.25) is 0 Å². The summed E-state index contributed by atoms with van der Waals surface area (Å²) in [7, 11) is 0. The summed E-state index contributed by atoms with van der Waals surface area (Å²) >= 11 is 0. The predicted octanol–water partition coefficient (Wildman–Crippen LogP) is 7.45. The zero-order valence-corrected chi connectivity index (χ0v) is 18.2. The van der Waals surface area contributed by atoms with E-state index in [2.05, 4.69) is 58.9 Å². The van der Waals surface area contributed by atoms with Crippen LogP contribution in [0.2, 0.25) is 0 Å². The normalized spacial score (nSPS) is 26.4. The van der Waals surface area contributed by atoms with E-state index in [-0.39, 0.29) is 11.4 Å². The van der Waals surface area contributed by atoms with Crippen molar-refractivity contribution in [3.05, 3.63) is 53.1 Å². The summed E-state index contributed by atoms with van der Waals surface area (Å²) < 4.78 is 6.22. The Hall–Kier alpha value is -1.96. The van der Waals surface area contributed by atoms with Gasteiger partial charge in [0.15, 0.2) is 0 Å². The molecule has 28 heavy (non-hydrogen) atoms. The molecule has 1 aromatic carbocycles. The zero-order chi connectivity index (χ0) is 20.4. The Kier molecular flexibility index (Phi) is 6.07. The third-order valence-electron chi connectivity index (χ3n) is 6.66. The van der Waals surface area contributed by atoms with Gasteiger partial charge in [0, 0.05) is 5.56 Å². The molecule has 1 aliphatic carbocycles. The molecule has 2 atom stereocenters. The minimum absolute atomic E-state index is 0.278. The first-order chi connectivity index (χ1) is 13.2. The molecule has 0 unspecified atom stereocenters. The summed E-state index contributed by atoms with van der Waals surface area (Å²) in [5.41, 5.74) is 4.16. The number of rotatable bonds is 6. The fraction of sp³-hybridized carbons (Fsp3) is 0.538. The zero-order valence-electron chi connectivity index (χ0n) is 18.2. The van der Waals surface area contributed by atoms with E-state index in [0.29, 0.717) is 11.3 Å². The molecule has 0 aromatic heterocycles. The van der Waals surface area contributed by atoms with Crippen molar-refractivity contribution in [1.29, 1.82) is 0 Å². The summed E-state index contributed by atoms with van der Waals surface area (Å²) in [5.74, 6) is 1.84. The van der Waals surface area contributed by atoms with Gasteiger partial charge in [-0.2, -0.15) is 0 Å². The third-order valence-corrected chi connectivity index (χ3v) is 6.66. The van der Waals surface area contributed by atoms with Crippen LogP contribution in [0.15, 0.2) is 47.6 Å². The smallest absolute Gasteiger partial charge is 0.128 e. The first kappa shape index (κ1) is 20.8. The van der Waals surface area contributed by atoms with Gasteiger partial charge in [-0.05, 0) is 94.9 Å². The van der Waals surface area contributed by atoms with Gasteiger partial charge in [-0.25, -0.2) is 0 Å². The molecule has 1 N–H and O–H groups in total. The molecule has 2 nitrogen and oxygen atoms in total. The van der Waals surface area contributed by atoms with Crippen molar-refractivity contribution in [1.82, 2.24) is 0 Å². The van der Waals surface area contributed by atoms with E-state index < -0.39 is 0 Å². The highest BCUT2D eigenvalue weighted by Gasteiger charge is 2.32. The summed E-state index contributed by atoms with van der Waals surface area (Å²) in [6.45, 7) is 11.6. The van der Waals surface area contributed by atoms with Gasteiger partial charge in [-0.15, -0.1) is 0 Å². The topological polar surface area (TPSA) is 29.5 Å². The quantitative estimate of drug-likeness (QED) is 0.519. The number of fused-ring (bicyclic) bond motifs is 1. The van der Waals surface area contributed by atoms with Crippen LogP contribution in [0.3, 0.4) is 0 Å². The molecule has 0 spiro atoms. The molecule has 152 valence electrons.